The third-order valence-electron chi connectivity index (χ3n) is 2.55. The summed E-state index contributed by atoms with van der Waals surface area (Å²) in [7, 11) is 0. The maximum atomic E-state index is 3.10. The van der Waals surface area contributed by atoms with Gasteiger partial charge in [-0.1, -0.05) is 0 Å². The Bertz CT molecular complexity index is 494. The summed E-state index contributed by atoms with van der Waals surface area (Å²) in [6.45, 7) is 2.03. The quantitative estimate of drug-likeness (QED) is 0.460. The minimum atomic E-state index is 1.26. The zero-order chi connectivity index (χ0) is 9.38. The molecule has 1 heteroatoms. The zero-order valence-corrected chi connectivity index (χ0v) is 7.70. The second-order valence-corrected chi connectivity index (χ2v) is 3.47. The summed E-state index contributed by atoms with van der Waals surface area (Å²) in [6, 6.07) is 16.9. The molecule has 0 N–H and O–H groups in total. The van der Waals surface area contributed by atoms with Crippen molar-refractivity contribution in [2.24, 2.45) is 0 Å². The van der Waals surface area contributed by atoms with E-state index in [0.717, 1.165) is 0 Å². The summed E-state index contributed by atoms with van der Waals surface area (Å²) in [6.07, 6.45) is 0. The Morgan fingerprint density at radius 3 is 2.50 bits per heavy atom. The average Bonchev–Trinajstić information content (AvgIpc) is 2.26. The molecule has 2 aromatic carbocycles. The van der Waals surface area contributed by atoms with E-state index >= 15 is 0 Å². The third kappa shape index (κ3) is 1.13. The van der Waals surface area contributed by atoms with Crippen LogP contribution in [-0.4, -0.2) is 6.91 Å². The van der Waals surface area contributed by atoms with E-state index in [9.17, 15) is 0 Å². The first-order valence-electron chi connectivity index (χ1n) is 4.72. The SMILES string of the molecule is b1[c]ccc2cc3ccccc3cc12. The number of hydrogen-bond donors (Lipinski definition) is 0. The first-order chi connectivity index (χ1) is 6.93. The molecule has 63 valence electrons. The molecular weight excluding hydrogens is 167 g/mol. The molecule has 3 aromatic rings. The first-order valence-corrected chi connectivity index (χ1v) is 4.72. The molecule has 0 unspecified atom stereocenters. The van der Waals surface area contributed by atoms with Crippen molar-refractivity contribution in [2.45, 2.75) is 0 Å². The molecule has 0 spiro atoms. The maximum absolute atomic E-state index is 3.10. The van der Waals surface area contributed by atoms with Crippen molar-refractivity contribution in [3.05, 3.63) is 54.5 Å². The van der Waals surface area contributed by atoms with Gasteiger partial charge < -0.3 is 0 Å². The van der Waals surface area contributed by atoms with Gasteiger partial charge in [-0.15, -0.1) is 0 Å². The van der Waals surface area contributed by atoms with E-state index in [0.29, 0.717) is 0 Å². The summed E-state index contributed by atoms with van der Waals surface area (Å²) >= 11 is 0. The van der Waals surface area contributed by atoms with Gasteiger partial charge in [0.25, 0.3) is 0 Å². The molecule has 0 saturated heterocycles. The fourth-order valence-electron chi connectivity index (χ4n) is 1.82. The first kappa shape index (κ1) is 7.75. The van der Waals surface area contributed by atoms with Crippen molar-refractivity contribution in [3.63, 3.8) is 0 Å². The van der Waals surface area contributed by atoms with E-state index in [1.807, 2.05) is 13.0 Å². The topological polar surface area (TPSA) is 0 Å². The van der Waals surface area contributed by atoms with Gasteiger partial charge in [-0.2, -0.15) is 0 Å². The van der Waals surface area contributed by atoms with E-state index in [1.165, 1.54) is 21.4 Å². The Labute approximate surface area is 83.4 Å². The molecular formula is C13H8B. The Balaban J connectivity index is 2.52. The Hall–Kier alpha value is -1.63. The summed E-state index contributed by atoms with van der Waals surface area (Å²) in [5, 5.41) is 5.12. The molecule has 0 nitrogen and oxygen atoms in total. The van der Waals surface area contributed by atoms with Crippen molar-refractivity contribution in [3.8, 4) is 0 Å². The molecule has 0 atom stereocenters. The fourth-order valence-corrected chi connectivity index (χ4v) is 1.82. The second-order valence-electron chi connectivity index (χ2n) is 3.47. The van der Waals surface area contributed by atoms with Crippen LogP contribution < -0.4 is 0 Å². The number of benzene rings is 2. The van der Waals surface area contributed by atoms with Gasteiger partial charge in [-0.25, -0.2) is 0 Å². The zero-order valence-electron chi connectivity index (χ0n) is 7.70. The van der Waals surface area contributed by atoms with Crippen LogP contribution >= 0.6 is 0 Å². The van der Waals surface area contributed by atoms with Gasteiger partial charge in [0.2, 0.25) is 0 Å². The van der Waals surface area contributed by atoms with Crippen LogP contribution in [0.3, 0.4) is 0 Å². The van der Waals surface area contributed by atoms with Crippen molar-refractivity contribution in [1.82, 2.24) is 0 Å². The van der Waals surface area contributed by atoms with Crippen LogP contribution in [0, 0.1) is 5.96 Å². The van der Waals surface area contributed by atoms with E-state index in [4.69, 9.17) is 0 Å². The predicted molar refractivity (Wildman–Crippen MR) is 61.6 cm³/mol. The van der Waals surface area contributed by atoms with Crippen LogP contribution in [0.5, 0.6) is 0 Å². The Morgan fingerprint density at radius 2 is 1.64 bits per heavy atom. The Kier molecular flexibility index (Phi) is 1.63. The summed E-state index contributed by atoms with van der Waals surface area (Å²) in [5.74, 6) is 3.10. The molecule has 0 saturated carbocycles. The van der Waals surface area contributed by atoms with Crippen molar-refractivity contribution in [1.29, 1.82) is 0 Å². The van der Waals surface area contributed by atoms with E-state index in [1.54, 1.807) is 0 Å². The Morgan fingerprint density at radius 1 is 0.857 bits per heavy atom. The van der Waals surface area contributed by atoms with Crippen molar-refractivity contribution >= 4 is 28.4 Å². The minimum absolute atomic E-state index is 1.26. The molecule has 0 amide bonds. The van der Waals surface area contributed by atoms with Crippen LogP contribution in [0.4, 0.5) is 0 Å². The van der Waals surface area contributed by atoms with Crippen LogP contribution in [0.2, 0.25) is 0 Å². The van der Waals surface area contributed by atoms with E-state index in [-0.39, 0.29) is 0 Å². The molecule has 3 rings (SSSR count). The average molecular weight is 175 g/mol. The molecule has 0 aliphatic rings. The summed E-state index contributed by atoms with van der Waals surface area (Å²) in [4.78, 5) is 0. The molecule has 1 radical (unpaired) electrons. The van der Waals surface area contributed by atoms with Gasteiger partial charge in [-0.05, 0) is 0 Å². The van der Waals surface area contributed by atoms with Gasteiger partial charge >= 0.3 is 82.8 Å². The molecule has 0 aliphatic heterocycles. The number of hydrogen-bond acceptors (Lipinski definition) is 0. The van der Waals surface area contributed by atoms with E-state index in [2.05, 4.69) is 48.4 Å². The molecule has 0 aliphatic carbocycles. The standard InChI is InChI=1S/C13H8B/c1-2-5-11-9-13-12(6-3-7-14-13)8-10(11)4-1/h1-6,8-9H. The van der Waals surface area contributed by atoms with Gasteiger partial charge in [0.05, 0.1) is 0 Å². The monoisotopic (exact) mass is 175 g/mol. The molecule has 1 aromatic heterocycles. The van der Waals surface area contributed by atoms with Crippen molar-refractivity contribution < 1.29 is 0 Å². The van der Waals surface area contributed by atoms with Gasteiger partial charge in [0.1, 0.15) is 0 Å². The predicted octanol–water partition coefficient (Wildman–Crippen LogP) is 3.13. The van der Waals surface area contributed by atoms with Gasteiger partial charge in [-0.3, -0.25) is 0 Å². The molecule has 1 heterocycles. The van der Waals surface area contributed by atoms with Gasteiger partial charge in [0, 0.05) is 0 Å². The molecule has 0 fully saturated rings. The second kappa shape index (κ2) is 2.95. The fraction of sp³-hybridized carbons (Fsp3) is 0. The summed E-state index contributed by atoms with van der Waals surface area (Å²) in [5.41, 5.74) is 0. The number of fused-ring (bicyclic) bond motifs is 2. The van der Waals surface area contributed by atoms with E-state index < -0.39 is 0 Å². The van der Waals surface area contributed by atoms with Crippen LogP contribution in [0.15, 0.2) is 48.5 Å². The summed E-state index contributed by atoms with van der Waals surface area (Å²) < 4.78 is 0. The number of rotatable bonds is 0. The van der Waals surface area contributed by atoms with Crippen molar-refractivity contribution in [2.75, 3.05) is 0 Å². The van der Waals surface area contributed by atoms with Crippen LogP contribution in [-0.2, 0) is 0 Å². The van der Waals surface area contributed by atoms with Crippen LogP contribution in [0.25, 0.3) is 21.4 Å². The van der Waals surface area contributed by atoms with Gasteiger partial charge in [0.15, 0.2) is 0 Å². The molecule has 0 bridgehead atoms. The molecule has 14 heavy (non-hydrogen) atoms. The van der Waals surface area contributed by atoms with Crippen LogP contribution in [0.1, 0.15) is 0 Å². The third-order valence-corrected chi connectivity index (χ3v) is 2.55. The normalized spacial score (nSPS) is 10.6.